The van der Waals surface area contributed by atoms with E-state index in [-0.39, 0.29) is 0 Å². The summed E-state index contributed by atoms with van der Waals surface area (Å²) in [4.78, 5) is 2.61. The molecule has 0 N–H and O–H groups in total. The van der Waals surface area contributed by atoms with Gasteiger partial charge in [0.05, 0.1) is 0 Å². The first-order valence-corrected chi connectivity index (χ1v) is 9.99. The zero-order valence-corrected chi connectivity index (χ0v) is 13.5. The molecule has 0 unspecified atom stereocenters. The normalized spacial score (nSPS) is 18.2. The zero-order valence-electron chi connectivity index (χ0n) is 12.5. The maximum absolute atomic E-state index is 6.01. The molecule has 0 aliphatic carbocycles. The Balaban J connectivity index is 2.30. The van der Waals surface area contributed by atoms with Gasteiger partial charge >= 0.3 is 8.56 Å². The Kier molecular flexibility index (Phi) is 8.14. The molecule has 0 atom stereocenters. The summed E-state index contributed by atoms with van der Waals surface area (Å²) in [6.07, 6.45) is 5.42. The molecule has 1 aliphatic heterocycles. The fourth-order valence-electron chi connectivity index (χ4n) is 2.85. The standard InChI is InChI=1S/C14H31NO2Si/c1-4-16-18(6-3,17-5-2)14-10-13-15-11-8-7-9-12-15/h4-14H2,1-3H3. The summed E-state index contributed by atoms with van der Waals surface area (Å²) in [6, 6.07) is 2.23. The first-order chi connectivity index (χ1) is 8.76. The van der Waals surface area contributed by atoms with Crippen LogP contribution in [0.4, 0.5) is 0 Å². The van der Waals surface area contributed by atoms with Gasteiger partial charge in [-0.25, -0.2) is 0 Å². The molecule has 0 aromatic rings. The second kappa shape index (κ2) is 9.07. The van der Waals surface area contributed by atoms with E-state index in [4.69, 9.17) is 8.85 Å². The van der Waals surface area contributed by atoms with Gasteiger partial charge < -0.3 is 13.8 Å². The lowest BCUT2D eigenvalue weighted by Crippen LogP contribution is -2.42. The minimum atomic E-state index is -1.88. The highest BCUT2D eigenvalue weighted by Gasteiger charge is 2.34. The van der Waals surface area contributed by atoms with Gasteiger partial charge in [-0.15, -0.1) is 0 Å². The summed E-state index contributed by atoms with van der Waals surface area (Å²) in [6.45, 7) is 11.8. The smallest absolute Gasteiger partial charge is 0.337 e. The van der Waals surface area contributed by atoms with E-state index >= 15 is 0 Å². The van der Waals surface area contributed by atoms with Gasteiger partial charge in [-0.2, -0.15) is 0 Å². The lowest BCUT2D eigenvalue weighted by Gasteiger charge is -2.31. The molecular weight excluding hydrogens is 242 g/mol. The highest BCUT2D eigenvalue weighted by Crippen LogP contribution is 2.21. The lowest BCUT2D eigenvalue weighted by atomic mass is 10.1. The molecule has 1 saturated heterocycles. The van der Waals surface area contributed by atoms with Crippen LogP contribution >= 0.6 is 0 Å². The van der Waals surface area contributed by atoms with E-state index in [0.717, 1.165) is 25.3 Å². The van der Waals surface area contributed by atoms with Crippen molar-refractivity contribution in [3.8, 4) is 0 Å². The van der Waals surface area contributed by atoms with Crippen molar-refractivity contribution in [3.05, 3.63) is 0 Å². The summed E-state index contributed by atoms with van der Waals surface area (Å²) in [5, 5.41) is 0. The Bertz CT molecular complexity index is 202. The van der Waals surface area contributed by atoms with Crippen molar-refractivity contribution >= 4 is 8.56 Å². The number of hydrogen-bond donors (Lipinski definition) is 0. The van der Waals surface area contributed by atoms with Crippen LogP contribution in [0.3, 0.4) is 0 Å². The fourth-order valence-corrected chi connectivity index (χ4v) is 5.73. The summed E-state index contributed by atoms with van der Waals surface area (Å²) >= 11 is 0. The molecular formula is C14H31NO2Si. The van der Waals surface area contributed by atoms with Crippen LogP contribution in [0.25, 0.3) is 0 Å². The molecule has 1 rings (SSSR count). The van der Waals surface area contributed by atoms with Crippen LogP contribution in [0.2, 0.25) is 12.1 Å². The maximum atomic E-state index is 6.01. The van der Waals surface area contributed by atoms with Crippen LogP contribution < -0.4 is 0 Å². The summed E-state index contributed by atoms with van der Waals surface area (Å²) in [5.41, 5.74) is 0. The Morgan fingerprint density at radius 3 is 2.06 bits per heavy atom. The van der Waals surface area contributed by atoms with Gasteiger partial charge in [-0.3, -0.25) is 0 Å². The molecule has 1 heterocycles. The van der Waals surface area contributed by atoms with Gasteiger partial charge in [-0.1, -0.05) is 13.3 Å². The third kappa shape index (κ3) is 5.39. The second-order valence-electron chi connectivity index (χ2n) is 5.14. The molecule has 0 aromatic carbocycles. The molecule has 0 spiro atoms. The maximum Gasteiger partial charge on any atom is 0.337 e. The lowest BCUT2D eigenvalue weighted by molar-refractivity contribution is 0.178. The molecule has 0 aromatic heterocycles. The van der Waals surface area contributed by atoms with Crippen LogP contribution in [0.15, 0.2) is 0 Å². The van der Waals surface area contributed by atoms with Crippen molar-refractivity contribution in [2.24, 2.45) is 0 Å². The first kappa shape index (κ1) is 16.2. The van der Waals surface area contributed by atoms with E-state index in [2.05, 4.69) is 25.7 Å². The largest absolute Gasteiger partial charge is 0.394 e. The van der Waals surface area contributed by atoms with Crippen molar-refractivity contribution in [1.29, 1.82) is 0 Å². The molecule has 3 nitrogen and oxygen atoms in total. The second-order valence-corrected chi connectivity index (χ2v) is 8.74. The molecule has 0 saturated carbocycles. The van der Waals surface area contributed by atoms with Gasteiger partial charge in [0.2, 0.25) is 0 Å². The molecule has 4 heteroatoms. The van der Waals surface area contributed by atoms with E-state index in [1.165, 1.54) is 45.3 Å². The van der Waals surface area contributed by atoms with Crippen LogP contribution in [0.1, 0.15) is 46.5 Å². The van der Waals surface area contributed by atoms with Crippen molar-refractivity contribution in [3.63, 3.8) is 0 Å². The molecule has 1 fully saturated rings. The molecule has 1 aliphatic rings. The molecule has 0 radical (unpaired) electrons. The predicted molar refractivity (Wildman–Crippen MR) is 79.2 cm³/mol. The first-order valence-electron chi connectivity index (χ1n) is 7.76. The predicted octanol–water partition coefficient (Wildman–Crippen LogP) is 3.40. The molecule has 0 amide bonds. The van der Waals surface area contributed by atoms with Gasteiger partial charge in [0.15, 0.2) is 0 Å². The molecule has 18 heavy (non-hydrogen) atoms. The molecule has 0 bridgehead atoms. The fraction of sp³-hybridized carbons (Fsp3) is 1.00. The number of hydrogen-bond acceptors (Lipinski definition) is 3. The minimum Gasteiger partial charge on any atom is -0.394 e. The quantitative estimate of drug-likeness (QED) is 0.601. The number of piperidine rings is 1. The van der Waals surface area contributed by atoms with Crippen molar-refractivity contribution in [1.82, 2.24) is 4.90 Å². The highest BCUT2D eigenvalue weighted by molar-refractivity contribution is 6.67. The average molecular weight is 273 g/mol. The molecule has 108 valence electrons. The Labute approximate surface area is 114 Å². The van der Waals surface area contributed by atoms with Crippen LogP contribution in [0, 0.1) is 0 Å². The summed E-state index contributed by atoms with van der Waals surface area (Å²) in [7, 11) is -1.88. The van der Waals surface area contributed by atoms with Crippen LogP contribution in [-0.4, -0.2) is 46.3 Å². The van der Waals surface area contributed by atoms with Gasteiger partial charge in [0.1, 0.15) is 0 Å². The van der Waals surface area contributed by atoms with E-state index in [1.54, 1.807) is 0 Å². The Morgan fingerprint density at radius 1 is 0.944 bits per heavy atom. The van der Waals surface area contributed by atoms with Crippen molar-refractivity contribution < 1.29 is 8.85 Å². The third-order valence-electron chi connectivity index (χ3n) is 3.83. The van der Waals surface area contributed by atoms with Gasteiger partial charge in [0.25, 0.3) is 0 Å². The zero-order chi connectivity index (χ0) is 13.3. The topological polar surface area (TPSA) is 21.7 Å². The third-order valence-corrected chi connectivity index (χ3v) is 7.66. The van der Waals surface area contributed by atoms with E-state index < -0.39 is 8.56 Å². The number of rotatable bonds is 9. The SMILES string of the molecule is CCO[Si](CC)(CCCN1CCCCC1)OCC. The number of likely N-dealkylation sites (tertiary alicyclic amines) is 1. The van der Waals surface area contributed by atoms with E-state index in [9.17, 15) is 0 Å². The summed E-state index contributed by atoms with van der Waals surface area (Å²) < 4.78 is 12.0. The van der Waals surface area contributed by atoms with Crippen LogP contribution in [0.5, 0.6) is 0 Å². The van der Waals surface area contributed by atoms with E-state index in [1.807, 2.05) is 0 Å². The van der Waals surface area contributed by atoms with Gasteiger partial charge in [0, 0.05) is 13.2 Å². The van der Waals surface area contributed by atoms with Crippen LogP contribution in [-0.2, 0) is 8.85 Å². The summed E-state index contributed by atoms with van der Waals surface area (Å²) in [5.74, 6) is 0. The number of nitrogens with zero attached hydrogens (tertiary/aromatic N) is 1. The highest BCUT2D eigenvalue weighted by atomic mass is 28.4. The van der Waals surface area contributed by atoms with Crippen molar-refractivity contribution in [2.75, 3.05) is 32.8 Å². The Morgan fingerprint density at radius 2 is 1.56 bits per heavy atom. The average Bonchev–Trinajstić information content (AvgIpc) is 2.40. The van der Waals surface area contributed by atoms with E-state index in [0.29, 0.717) is 0 Å². The monoisotopic (exact) mass is 273 g/mol. The minimum absolute atomic E-state index is 0.795. The Hall–Kier alpha value is 0.0969. The van der Waals surface area contributed by atoms with Gasteiger partial charge in [-0.05, 0) is 64.8 Å². The van der Waals surface area contributed by atoms with Crippen molar-refractivity contribution in [2.45, 2.75) is 58.5 Å².